The fourth-order valence-electron chi connectivity index (χ4n) is 3.76. The maximum Gasteiger partial charge on any atom is 0.160 e. The molecule has 2 fully saturated rings. The third-order valence-electron chi connectivity index (χ3n) is 4.86. The minimum atomic E-state index is 0.217. The van der Waals surface area contributed by atoms with Crippen molar-refractivity contribution in [3.05, 3.63) is 23.8 Å². The first-order chi connectivity index (χ1) is 10.3. The lowest BCUT2D eigenvalue weighted by molar-refractivity contribution is 0.112. The molecule has 21 heavy (non-hydrogen) atoms. The molecular formula is C17H26N2O2. The molecule has 1 aromatic rings. The summed E-state index contributed by atoms with van der Waals surface area (Å²) in [6.07, 6.45) is 6.55. The number of hydrogen-bond acceptors (Lipinski definition) is 4. The standard InChI is InChI=1S/C17H26N2O2/c1-21-17-11-13(7-8-16(17)20)12-19-10-3-2-6-15(19)14-5-4-9-18-14/h7-8,11,14-15,18,20H,2-6,9-10,12H2,1H3. The summed E-state index contributed by atoms with van der Waals surface area (Å²) in [5.74, 6) is 0.786. The number of benzene rings is 1. The summed E-state index contributed by atoms with van der Waals surface area (Å²) in [5.41, 5.74) is 1.22. The van der Waals surface area contributed by atoms with Crippen LogP contribution in [-0.4, -0.2) is 42.3 Å². The second-order valence-corrected chi connectivity index (χ2v) is 6.24. The zero-order valence-electron chi connectivity index (χ0n) is 12.8. The van der Waals surface area contributed by atoms with E-state index in [-0.39, 0.29) is 5.75 Å². The SMILES string of the molecule is COc1cc(CN2CCCCC2C2CCCN2)ccc1O. The van der Waals surface area contributed by atoms with E-state index in [2.05, 4.69) is 10.2 Å². The van der Waals surface area contributed by atoms with E-state index in [0.29, 0.717) is 17.8 Å². The maximum absolute atomic E-state index is 9.72. The van der Waals surface area contributed by atoms with Gasteiger partial charge >= 0.3 is 0 Å². The molecule has 2 unspecified atom stereocenters. The normalized spacial score (nSPS) is 26.9. The second-order valence-electron chi connectivity index (χ2n) is 6.24. The Labute approximate surface area is 127 Å². The second kappa shape index (κ2) is 6.67. The van der Waals surface area contributed by atoms with Crippen molar-refractivity contribution in [3.8, 4) is 11.5 Å². The van der Waals surface area contributed by atoms with Crippen molar-refractivity contribution < 1.29 is 9.84 Å². The number of nitrogens with one attached hydrogen (secondary N) is 1. The van der Waals surface area contributed by atoms with Gasteiger partial charge in [0.15, 0.2) is 11.5 Å². The van der Waals surface area contributed by atoms with Crippen LogP contribution in [0.2, 0.25) is 0 Å². The molecule has 3 rings (SSSR count). The van der Waals surface area contributed by atoms with Gasteiger partial charge in [0, 0.05) is 18.6 Å². The van der Waals surface area contributed by atoms with Gasteiger partial charge in [0.2, 0.25) is 0 Å². The molecule has 116 valence electrons. The van der Waals surface area contributed by atoms with Crippen LogP contribution in [0.4, 0.5) is 0 Å². The first kappa shape index (κ1) is 14.7. The molecule has 2 heterocycles. The Hall–Kier alpha value is -1.26. The lowest BCUT2D eigenvalue weighted by Gasteiger charge is -2.39. The molecule has 0 spiro atoms. The quantitative estimate of drug-likeness (QED) is 0.894. The molecule has 2 atom stereocenters. The van der Waals surface area contributed by atoms with E-state index < -0.39 is 0 Å². The fourth-order valence-corrected chi connectivity index (χ4v) is 3.76. The predicted molar refractivity (Wildman–Crippen MR) is 83.7 cm³/mol. The molecule has 0 aromatic heterocycles. The Balaban J connectivity index is 1.71. The van der Waals surface area contributed by atoms with Crippen molar-refractivity contribution in [1.29, 1.82) is 0 Å². The van der Waals surface area contributed by atoms with Crippen LogP contribution in [0.15, 0.2) is 18.2 Å². The number of likely N-dealkylation sites (tertiary alicyclic amines) is 1. The molecule has 2 aliphatic heterocycles. The fraction of sp³-hybridized carbons (Fsp3) is 0.647. The third kappa shape index (κ3) is 3.33. The Morgan fingerprint density at radius 1 is 1.29 bits per heavy atom. The molecule has 0 saturated carbocycles. The molecule has 0 bridgehead atoms. The highest BCUT2D eigenvalue weighted by Gasteiger charge is 2.31. The Morgan fingerprint density at radius 2 is 2.19 bits per heavy atom. The monoisotopic (exact) mass is 290 g/mol. The lowest BCUT2D eigenvalue weighted by atomic mass is 9.94. The van der Waals surface area contributed by atoms with Crippen molar-refractivity contribution in [3.63, 3.8) is 0 Å². The first-order valence-corrected chi connectivity index (χ1v) is 8.11. The number of aromatic hydroxyl groups is 1. The van der Waals surface area contributed by atoms with Crippen LogP contribution in [0.5, 0.6) is 11.5 Å². The number of hydrogen-bond donors (Lipinski definition) is 2. The van der Waals surface area contributed by atoms with Crippen molar-refractivity contribution in [2.45, 2.75) is 50.7 Å². The Kier molecular flexibility index (Phi) is 4.66. The lowest BCUT2D eigenvalue weighted by Crippen LogP contribution is -2.49. The minimum absolute atomic E-state index is 0.217. The third-order valence-corrected chi connectivity index (χ3v) is 4.86. The number of ether oxygens (including phenoxy) is 1. The highest BCUT2D eigenvalue weighted by Crippen LogP contribution is 2.29. The van der Waals surface area contributed by atoms with E-state index in [0.717, 1.165) is 6.54 Å². The predicted octanol–water partition coefficient (Wildman–Crippen LogP) is 2.51. The number of phenolic OH excluding ortho intramolecular Hbond substituents is 1. The number of methoxy groups -OCH3 is 1. The molecule has 4 heteroatoms. The zero-order valence-corrected chi connectivity index (χ0v) is 12.8. The first-order valence-electron chi connectivity index (χ1n) is 8.11. The molecule has 1 aromatic carbocycles. The van der Waals surface area contributed by atoms with Gasteiger partial charge in [-0.25, -0.2) is 0 Å². The van der Waals surface area contributed by atoms with Gasteiger partial charge in [-0.05, 0) is 56.5 Å². The highest BCUT2D eigenvalue weighted by molar-refractivity contribution is 5.41. The molecule has 2 saturated heterocycles. The van der Waals surface area contributed by atoms with Crippen LogP contribution in [0.25, 0.3) is 0 Å². The van der Waals surface area contributed by atoms with Gasteiger partial charge in [-0.2, -0.15) is 0 Å². The van der Waals surface area contributed by atoms with Crippen molar-refractivity contribution in [2.24, 2.45) is 0 Å². The molecule has 0 amide bonds. The van der Waals surface area contributed by atoms with E-state index in [1.54, 1.807) is 13.2 Å². The van der Waals surface area contributed by atoms with E-state index in [1.807, 2.05) is 12.1 Å². The van der Waals surface area contributed by atoms with E-state index in [1.165, 1.54) is 50.8 Å². The summed E-state index contributed by atoms with van der Waals surface area (Å²) in [6, 6.07) is 7.01. The van der Waals surface area contributed by atoms with Crippen LogP contribution in [0.1, 0.15) is 37.7 Å². The largest absolute Gasteiger partial charge is 0.504 e. The summed E-state index contributed by atoms with van der Waals surface area (Å²) >= 11 is 0. The topological polar surface area (TPSA) is 44.7 Å². The van der Waals surface area contributed by atoms with Crippen LogP contribution in [0, 0.1) is 0 Å². The van der Waals surface area contributed by atoms with Crippen LogP contribution >= 0.6 is 0 Å². The molecule has 0 radical (unpaired) electrons. The van der Waals surface area contributed by atoms with Gasteiger partial charge < -0.3 is 15.2 Å². The van der Waals surface area contributed by atoms with Gasteiger partial charge in [0.05, 0.1) is 7.11 Å². The number of nitrogens with zero attached hydrogens (tertiary/aromatic N) is 1. The Morgan fingerprint density at radius 3 is 2.95 bits per heavy atom. The van der Waals surface area contributed by atoms with Crippen LogP contribution in [0.3, 0.4) is 0 Å². The van der Waals surface area contributed by atoms with Gasteiger partial charge in [-0.15, -0.1) is 0 Å². The van der Waals surface area contributed by atoms with E-state index in [9.17, 15) is 5.11 Å². The maximum atomic E-state index is 9.72. The average molecular weight is 290 g/mol. The van der Waals surface area contributed by atoms with E-state index >= 15 is 0 Å². The Bertz CT molecular complexity index is 472. The van der Waals surface area contributed by atoms with Gasteiger partial charge in [0.25, 0.3) is 0 Å². The molecule has 2 N–H and O–H groups in total. The van der Waals surface area contributed by atoms with Gasteiger partial charge in [-0.1, -0.05) is 12.5 Å². The van der Waals surface area contributed by atoms with Gasteiger partial charge in [0.1, 0.15) is 0 Å². The van der Waals surface area contributed by atoms with Crippen LogP contribution < -0.4 is 10.1 Å². The number of piperidine rings is 1. The summed E-state index contributed by atoms with van der Waals surface area (Å²) < 4.78 is 5.22. The van der Waals surface area contributed by atoms with Gasteiger partial charge in [-0.3, -0.25) is 4.90 Å². The zero-order chi connectivity index (χ0) is 14.7. The molecule has 2 aliphatic rings. The van der Waals surface area contributed by atoms with Crippen molar-refractivity contribution in [1.82, 2.24) is 10.2 Å². The molecular weight excluding hydrogens is 264 g/mol. The number of phenols is 1. The molecule has 0 aliphatic carbocycles. The van der Waals surface area contributed by atoms with Crippen molar-refractivity contribution >= 4 is 0 Å². The smallest absolute Gasteiger partial charge is 0.160 e. The number of rotatable bonds is 4. The van der Waals surface area contributed by atoms with E-state index in [4.69, 9.17) is 4.74 Å². The average Bonchev–Trinajstić information content (AvgIpc) is 3.04. The summed E-state index contributed by atoms with van der Waals surface area (Å²) in [5, 5.41) is 13.4. The summed E-state index contributed by atoms with van der Waals surface area (Å²) in [6.45, 7) is 3.29. The molecule has 4 nitrogen and oxygen atoms in total. The van der Waals surface area contributed by atoms with Crippen molar-refractivity contribution in [2.75, 3.05) is 20.2 Å². The minimum Gasteiger partial charge on any atom is -0.504 e. The summed E-state index contributed by atoms with van der Waals surface area (Å²) in [7, 11) is 1.60. The summed E-state index contributed by atoms with van der Waals surface area (Å²) in [4.78, 5) is 2.61. The highest BCUT2D eigenvalue weighted by atomic mass is 16.5. The van der Waals surface area contributed by atoms with Crippen LogP contribution in [-0.2, 0) is 6.54 Å².